The molecule has 1 aromatic carbocycles. The Morgan fingerprint density at radius 3 is 3.00 bits per heavy atom. The Morgan fingerprint density at radius 2 is 2.22 bits per heavy atom. The molecule has 0 radical (unpaired) electrons. The Kier molecular flexibility index (Phi) is 4.65. The van der Waals surface area contributed by atoms with Crippen molar-refractivity contribution in [3.63, 3.8) is 0 Å². The third-order valence-corrected chi connectivity index (χ3v) is 3.83. The van der Waals surface area contributed by atoms with Crippen molar-refractivity contribution in [1.82, 2.24) is 5.32 Å². The molecule has 1 N–H and O–H groups in total. The predicted molar refractivity (Wildman–Crippen MR) is 79.5 cm³/mol. The molecule has 0 bridgehead atoms. The van der Waals surface area contributed by atoms with E-state index in [1.807, 2.05) is 0 Å². The fourth-order valence-corrected chi connectivity index (χ4v) is 2.84. The van der Waals surface area contributed by atoms with Crippen LogP contribution < -0.4 is 10.2 Å². The summed E-state index contributed by atoms with van der Waals surface area (Å²) in [6.45, 7) is 10.1. The van der Waals surface area contributed by atoms with E-state index < -0.39 is 0 Å². The van der Waals surface area contributed by atoms with Gasteiger partial charge in [0.2, 0.25) is 0 Å². The molecule has 1 aliphatic heterocycles. The number of benzene rings is 1. The largest absolute Gasteiger partial charge is 0.371 e. The van der Waals surface area contributed by atoms with Crippen LogP contribution in [-0.4, -0.2) is 25.7 Å². The Balaban J connectivity index is 1.99. The monoisotopic (exact) mass is 246 g/mol. The molecule has 2 nitrogen and oxygen atoms in total. The van der Waals surface area contributed by atoms with E-state index in [2.05, 4.69) is 49.2 Å². The summed E-state index contributed by atoms with van der Waals surface area (Å²) in [6, 6.07) is 7.52. The summed E-state index contributed by atoms with van der Waals surface area (Å²) in [4.78, 5) is 2.56. The van der Waals surface area contributed by atoms with Crippen molar-refractivity contribution < 1.29 is 0 Å². The van der Waals surface area contributed by atoms with Gasteiger partial charge in [-0.05, 0) is 51.3 Å². The number of hydrogen-bond acceptors (Lipinski definition) is 2. The number of fused-ring (bicyclic) bond motifs is 1. The van der Waals surface area contributed by atoms with Gasteiger partial charge in [0, 0.05) is 24.8 Å². The molecule has 1 unspecified atom stereocenters. The molecule has 2 rings (SSSR count). The van der Waals surface area contributed by atoms with Gasteiger partial charge in [0.25, 0.3) is 0 Å². The van der Waals surface area contributed by atoms with Crippen LogP contribution in [0.25, 0.3) is 0 Å². The van der Waals surface area contributed by atoms with Gasteiger partial charge >= 0.3 is 0 Å². The zero-order chi connectivity index (χ0) is 13.0. The summed E-state index contributed by atoms with van der Waals surface area (Å²) >= 11 is 0. The van der Waals surface area contributed by atoms with Gasteiger partial charge in [-0.3, -0.25) is 0 Å². The van der Waals surface area contributed by atoms with Crippen molar-refractivity contribution in [1.29, 1.82) is 0 Å². The number of hydrogen-bond donors (Lipinski definition) is 1. The molecule has 0 saturated carbocycles. The molecule has 1 aromatic rings. The maximum absolute atomic E-state index is 3.49. The minimum atomic E-state index is 0.617. The first-order valence-electron chi connectivity index (χ1n) is 7.28. The molecule has 0 saturated heterocycles. The first kappa shape index (κ1) is 13.4. The molecule has 1 heterocycles. The van der Waals surface area contributed by atoms with Crippen LogP contribution in [0.4, 0.5) is 5.69 Å². The zero-order valence-corrected chi connectivity index (χ0v) is 12.0. The fourth-order valence-electron chi connectivity index (χ4n) is 2.84. The normalized spacial score (nSPS) is 16.5. The maximum Gasteiger partial charge on any atom is 0.0398 e. The van der Waals surface area contributed by atoms with Crippen LogP contribution in [0.15, 0.2) is 18.2 Å². The Morgan fingerprint density at radius 1 is 1.39 bits per heavy atom. The topological polar surface area (TPSA) is 15.3 Å². The minimum absolute atomic E-state index is 0.617. The van der Waals surface area contributed by atoms with Crippen LogP contribution in [-0.2, 0) is 6.42 Å². The lowest BCUT2D eigenvalue weighted by atomic mass is 9.99. The summed E-state index contributed by atoms with van der Waals surface area (Å²) in [7, 11) is 0. The molecule has 0 amide bonds. The Labute approximate surface area is 111 Å². The molecule has 2 heteroatoms. The second kappa shape index (κ2) is 6.24. The van der Waals surface area contributed by atoms with Gasteiger partial charge in [-0.15, -0.1) is 0 Å². The first-order chi connectivity index (χ1) is 8.70. The average Bonchev–Trinajstić information content (AvgIpc) is 2.36. The van der Waals surface area contributed by atoms with Crippen molar-refractivity contribution in [2.24, 2.45) is 0 Å². The summed E-state index contributed by atoms with van der Waals surface area (Å²) < 4.78 is 0. The molecule has 0 aromatic heterocycles. The quantitative estimate of drug-likeness (QED) is 0.858. The smallest absolute Gasteiger partial charge is 0.0398 e. The minimum Gasteiger partial charge on any atom is -0.371 e. The molecule has 0 spiro atoms. The molecule has 1 aliphatic rings. The highest BCUT2D eigenvalue weighted by Gasteiger charge is 2.16. The SMILES string of the molecule is CCNC(C)CCN1CCCc2cc(C)ccc21. The van der Waals surface area contributed by atoms with Gasteiger partial charge in [-0.1, -0.05) is 24.6 Å². The standard InChI is InChI=1S/C16H26N2/c1-4-17-14(3)9-11-18-10-5-6-15-12-13(2)7-8-16(15)18/h7-8,12,14,17H,4-6,9-11H2,1-3H3. The highest BCUT2D eigenvalue weighted by atomic mass is 15.1. The van der Waals surface area contributed by atoms with E-state index in [9.17, 15) is 0 Å². The van der Waals surface area contributed by atoms with E-state index in [1.54, 1.807) is 0 Å². The average molecular weight is 246 g/mol. The number of rotatable bonds is 5. The summed E-state index contributed by atoms with van der Waals surface area (Å²) in [5.74, 6) is 0. The van der Waals surface area contributed by atoms with Crippen molar-refractivity contribution in [2.45, 2.75) is 46.1 Å². The second-order valence-corrected chi connectivity index (χ2v) is 5.47. The van der Waals surface area contributed by atoms with Gasteiger partial charge < -0.3 is 10.2 Å². The predicted octanol–water partition coefficient (Wildman–Crippen LogP) is 3.14. The molecule has 1 atom stereocenters. The van der Waals surface area contributed by atoms with E-state index in [0.717, 1.165) is 6.54 Å². The number of anilines is 1. The molecule has 0 fully saturated rings. The summed E-state index contributed by atoms with van der Waals surface area (Å²) in [6.07, 6.45) is 3.77. The highest BCUT2D eigenvalue weighted by Crippen LogP contribution is 2.28. The second-order valence-electron chi connectivity index (χ2n) is 5.47. The van der Waals surface area contributed by atoms with Crippen molar-refractivity contribution in [2.75, 3.05) is 24.5 Å². The van der Waals surface area contributed by atoms with E-state index in [0.29, 0.717) is 6.04 Å². The Bertz CT molecular complexity index is 387. The number of aryl methyl sites for hydroxylation is 2. The van der Waals surface area contributed by atoms with Gasteiger partial charge in [0.15, 0.2) is 0 Å². The molecular formula is C16H26N2. The lowest BCUT2D eigenvalue weighted by Gasteiger charge is -2.32. The van der Waals surface area contributed by atoms with Gasteiger partial charge in [-0.25, -0.2) is 0 Å². The molecule has 0 aliphatic carbocycles. The molecule has 100 valence electrons. The highest BCUT2D eigenvalue weighted by molar-refractivity contribution is 5.56. The van der Waals surface area contributed by atoms with Crippen molar-refractivity contribution >= 4 is 5.69 Å². The van der Waals surface area contributed by atoms with E-state index in [1.165, 1.54) is 49.2 Å². The van der Waals surface area contributed by atoms with Crippen LogP contribution in [0.1, 0.15) is 37.8 Å². The van der Waals surface area contributed by atoms with Crippen LogP contribution in [0.2, 0.25) is 0 Å². The number of nitrogens with zero attached hydrogens (tertiary/aromatic N) is 1. The lowest BCUT2D eigenvalue weighted by molar-refractivity contribution is 0.519. The third-order valence-electron chi connectivity index (χ3n) is 3.83. The summed E-state index contributed by atoms with van der Waals surface area (Å²) in [5.41, 5.74) is 4.39. The van der Waals surface area contributed by atoms with Crippen LogP contribution >= 0.6 is 0 Å². The zero-order valence-electron chi connectivity index (χ0n) is 12.0. The first-order valence-corrected chi connectivity index (χ1v) is 7.28. The van der Waals surface area contributed by atoms with Crippen LogP contribution in [0.5, 0.6) is 0 Å². The van der Waals surface area contributed by atoms with Crippen molar-refractivity contribution in [3.05, 3.63) is 29.3 Å². The maximum atomic E-state index is 3.49. The van der Waals surface area contributed by atoms with Crippen molar-refractivity contribution in [3.8, 4) is 0 Å². The van der Waals surface area contributed by atoms with E-state index in [-0.39, 0.29) is 0 Å². The summed E-state index contributed by atoms with van der Waals surface area (Å²) in [5, 5.41) is 3.49. The van der Waals surface area contributed by atoms with Gasteiger partial charge in [0.1, 0.15) is 0 Å². The van der Waals surface area contributed by atoms with Gasteiger partial charge in [0.05, 0.1) is 0 Å². The van der Waals surface area contributed by atoms with E-state index in [4.69, 9.17) is 0 Å². The molecule has 18 heavy (non-hydrogen) atoms. The van der Waals surface area contributed by atoms with Crippen LogP contribution in [0.3, 0.4) is 0 Å². The Hall–Kier alpha value is -1.02. The van der Waals surface area contributed by atoms with E-state index >= 15 is 0 Å². The van der Waals surface area contributed by atoms with Crippen LogP contribution in [0, 0.1) is 6.92 Å². The molecular weight excluding hydrogens is 220 g/mol. The number of nitrogens with one attached hydrogen (secondary N) is 1. The van der Waals surface area contributed by atoms with Gasteiger partial charge in [-0.2, -0.15) is 0 Å². The fraction of sp³-hybridized carbons (Fsp3) is 0.625. The lowest BCUT2D eigenvalue weighted by Crippen LogP contribution is -2.35. The third kappa shape index (κ3) is 3.26.